The Balaban J connectivity index is 1.74. The molecule has 0 amide bonds. The van der Waals surface area contributed by atoms with Gasteiger partial charge in [-0.3, -0.25) is 0 Å². The van der Waals surface area contributed by atoms with Gasteiger partial charge in [0, 0.05) is 12.1 Å². The van der Waals surface area contributed by atoms with Crippen LogP contribution in [0.5, 0.6) is 0 Å². The lowest BCUT2D eigenvalue weighted by Crippen LogP contribution is -2.44. The van der Waals surface area contributed by atoms with Crippen molar-refractivity contribution in [3.8, 4) is 0 Å². The summed E-state index contributed by atoms with van der Waals surface area (Å²) in [4.78, 5) is 0. The van der Waals surface area contributed by atoms with Crippen LogP contribution >= 0.6 is 0 Å². The molecule has 0 heterocycles. The van der Waals surface area contributed by atoms with E-state index in [-0.39, 0.29) is 6.10 Å². The van der Waals surface area contributed by atoms with Gasteiger partial charge in [-0.25, -0.2) is 0 Å². The molecule has 0 bridgehead atoms. The van der Waals surface area contributed by atoms with Crippen molar-refractivity contribution in [2.45, 2.75) is 76.5 Å². The molecule has 0 radical (unpaired) electrons. The molecule has 3 unspecified atom stereocenters. The Morgan fingerprint density at radius 1 is 1.13 bits per heavy atom. The van der Waals surface area contributed by atoms with Crippen LogP contribution < -0.4 is 5.32 Å². The number of nitrogens with one attached hydrogen (secondary N) is 1. The minimum atomic E-state index is -0.103. The van der Waals surface area contributed by atoms with Gasteiger partial charge in [-0.1, -0.05) is 32.1 Å². The summed E-state index contributed by atoms with van der Waals surface area (Å²) in [5.41, 5.74) is 0. The van der Waals surface area contributed by atoms with Gasteiger partial charge in [-0.15, -0.1) is 0 Å². The third-order valence-corrected chi connectivity index (χ3v) is 3.86. The zero-order valence-corrected chi connectivity index (χ0v) is 9.91. The van der Waals surface area contributed by atoms with Crippen LogP contribution in [-0.4, -0.2) is 23.3 Å². The van der Waals surface area contributed by atoms with Crippen LogP contribution in [-0.2, 0) is 0 Å². The highest BCUT2D eigenvalue weighted by Gasteiger charge is 2.27. The fourth-order valence-electron chi connectivity index (χ4n) is 2.77. The van der Waals surface area contributed by atoms with E-state index in [9.17, 15) is 5.11 Å². The van der Waals surface area contributed by atoms with Crippen LogP contribution in [0.1, 0.15) is 58.3 Å². The number of hydrogen-bond donors (Lipinski definition) is 2. The number of aliphatic hydroxyl groups excluding tert-OH is 1. The molecule has 2 heteroatoms. The Kier molecular flexibility index (Phi) is 4.04. The van der Waals surface area contributed by atoms with Crippen molar-refractivity contribution >= 4 is 0 Å². The van der Waals surface area contributed by atoms with Crippen molar-refractivity contribution in [2.24, 2.45) is 5.92 Å². The average Bonchev–Trinajstić information content (AvgIpc) is 2.98. The summed E-state index contributed by atoms with van der Waals surface area (Å²) in [6, 6.07) is 0.955. The molecular weight excluding hydrogens is 186 g/mol. The Hall–Kier alpha value is -0.0800. The fourth-order valence-corrected chi connectivity index (χ4v) is 2.77. The molecule has 0 aromatic carbocycles. The predicted molar refractivity (Wildman–Crippen MR) is 62.8 cm³/mol. The highest BCUT2D eigenvalue weighted by Crippen LogP contribution is 2.33. The summed E-state index contributed by atoms with van der Waals surface area (Å²) >= 11 is 0. The van der Waals surface area contributed by atoms with Crippen molar-refractivity contribution < 1.29 is 5.11 Å². The second-order valence-electron chi connectivity index (χ2n) is 5.56. The molecule has 2 N–H and O–H groups in total. The summed E-state index contributed by atoms with van der Waals surface area (Å²) in [7, 11) is 0. The molecule has 2 saturated carbocycles. The molecule has 3 atom stereocenters. The molecule has 2 fully saturated rings. The highest BCUT2D eigenvalue weighted by molar-refractivity contribution is 4.84. The first-order valence-electron chi connectivity index (χ1n) is 6.70. The van der Waals surface area contributed by atoms with E-state index in [0.717, 1.165) is 18.8 Å². The van der Waals surface area contributed by atoms with Gasteiger partial charge in [-0.05, 0) is 32.1 Å². The Morgan fingerprint density at radius 2 is 1.87 bits per heavy atom. The second-order valence-corrected chi connectivity index (χ2v) is 5.56. The Bertz CT molecular complexity index is 191. The molecule has 2 nitrogen and oxygen atoms in total. The molecule has 2 rings (SSSR count). The molecule has 0 saturated heterocycles. The van der Waals surface area contributed by atoms with Crippen molar-refractivity contribution in [1.29, 1.82) is 0 Å². The third-order valence-electron chi connectivity index (χ3n) is 3.86. The predicted octanol–water partition coefficient (Wildman–Crippen LogP) is 2.46. The largest absolute Gasteiger partial charge is 0.392 e. The first-order valence-corrected chi connectivity index (χ1v) is 6.70. The van der Waals surface area contributed by atoms with E-state index in [2.05, 4.69) is 12.2 Å². The van der Waals surface area contributed by atoms with Crippen LogP contribution in [0.15, 0.2) is 0 Å². The number of rotatable bonds is 4. The van der Waals surface area contributed by atoms with Gasteiger partial charge in [0.25, 0.3) is 0 Å². The van der Waals surface area contributed by atoms with Gasteiger partial charge < -0.3 is 10.4 Å². The SMILES string of the molecule is CC(CC1CC1)NC1CCCCCC1O. The Morgan fingerprint density at radius 3 is 2.60 bits per heavy atom. The van der Waals surface area contributed by atoms with E-state index in [4.69, 9.17) is 0 Å². The summed E-state index contributed by atoms with van der Waals surface area (Å²) in [5.74, 6) is 0.982. The van der Waals surface area contributed by atoms with Gasteiger partial charge in [0.2, 0.25) is 0 Å². The second kappa shape index (κ2) is 5.31. The lowest BCUT2D eigenvalue weighted by molar-refractivity contribution is 0.113. The van der Waals surface area contributed by atoms with E-state index in [0.29, 0.717) is 12.1 Å². The normalized spacial score (nSPS) is 34.8. The monoisotopic (exact) mass is 211 g/mol. The first-order chi connectivity index (χ1) is 7.25. The van der Waals surface area contributed by atoms with Crippen LogP contribution in [0.3, 0.4) is 0 Å². The molecule has 15 heavy (non-hydrogen) atoms. The van der Waals surface area contributed by atoms with E-state index in [1.54, 1.807) is 0 Å². The summed E-state index contributed by atoms with van der Waals surface area (Å²) < 4.78 is 0. The van der Waals surface area contributed by atoms with E-state index in [1.807, 2.05) is 0 Å². The van der Waals surface area contributed by atoms with Gasteiger partial charge in [-0.2, -0.15) is 0 Å². The molecule has 0 aromatic heterocycles. The lowest BCUT2D eigenvalue weighted by Gasteiger charge is -2.26. The van der Waals surface area contributed by atoms with Crippen LogP contribution in [0.2, 0.25) is 0 Å². The van der Waals surface area contributed by atoms with Gasteiger partial charge in [0.15, 0.2) is 0 Å². The van der Waals surface area contributed by atoms with Gasteiger partial charge in [0.05, 0.1) is 6.10 Å². The molecule has 0 aromatic rings. The molecule has 2 aliphatic rings. The standard InChI is InChI=1S/C13H25NO/c1-10(9-11-7-8-11)14-12-5-3-2-4-6-13(12)15/h10-15H,2-9H2,1H3. The van der Waals surface area contributed by atoms with Crippen LogP contribution in [0.4, 0.5) is 0 Å². The lowest BCUT2D eigenvalue weighted by atomic mass is 10.0. The number of hydrogen-bond acceptors (Lipinski definition) is 2. The summed E-state index contributed by atoms with van der Waals surface area (Å²) in [6.45, 7) is 2.27. The minimum Gasteiger partial charge on any atom is -0.392 e. The minimum absolute atomic E-state index is 0.103. The first kappa shape index (κ1) is 11.4. The smallest absolute Gasteiger partial charge is 0.0693 e. The van der Waals surface area contributed by atoms with E-state index >= 15 is 0 Å². The molecule has 0 aliphatic heterocycles. The van der Waals surface area contributed by atoms with Gasteiger partial charge >= 0.3 is 0 Å². The van der Waals surface area contributed by atoms with Crippen molar-refractivity contribution in [3.05, 3.63) is 0 Å². The zero-order chi connectivity index (χ0) is 10.7. The number of aliphatic hydroxyl groups is 1. The van der Waals surface area contributed by atoms with Crippen LogP contribution in [0, 0.1) is 5.92 Å². The molecule has 0 spiro atoms. The fraction of sp³-hybridized carbons (Fsp3) is 1.00. The zero-order valence-electron chi connectivity index (χ0n) is 9.91. The molecule has 2 aliphatic carbocycles. The third kappa shape index (κ3) is 3.76. The Labute approximate surface area is 93.5 Å². The van der Waals surface area contributed by atoms with Crippen LogP contribution in [0.25, 0.3) is 0 Å². The van der Waals surface area contributed by atoms with E-state index in [1.165, 1.54) is 38.5 Å². The molecular formula is C13H25NO. The topological polar surface area (TPSA) is 32.3 Å². The quantitative estimate of drug-likeness (QED) is 0.700. The highest BCUT2D eigenvalue weighted by atomic mass is 16.3. The summed E-state index contributed by atoms with van der Waals surface area (Å²) in [6.07, 6.45) is 10.0. The van der Waals surface area contributed by atoms with Crippen molar-refractivity contribution in [2.75, 3.05) is 0 Å². The average molecular weight is 211 g/mol. The van der Waals surface area contributed by atoms with Gasteiger partial charge in [0.1, 0.15) is 0 Å². The maximum Gasteiger partial charge on any atom is 0.0693 e. The van der Waals surface area contributed by atoms with Crippen molar-refractivity contribution in [3.63, 3.8) is 0 Å². The van der Waals surface area contributed by atoms with Crippen molar-refractivity contribution in [1.82, 2.24) is 5.32 Å². The van der Waals surface area contributed by atoms with E-state index < -0.39 is 0 Å². The molecule has 88 valence electrons. The maximum atomic E-state index is 9.99. The summed E-state index contributed by atoms with van der Waals surface area (Å²) in [5, 5.41) is 13.6. The maximum absolute atomic E-state index is 9.99.